The number of nitrogens with one attached hydrogen (secondary N) is 1. The van der Waals surface area contributed by atoms with Crippen molar-refractivity contribution in [3.8, 4) is 17.0 Å². The summed E-state index contributed by atoms with van der Waals surface area (Å²) in [5.74, 6) is -0.304. The molecule has 0 spiro atoms. The van der Waals surface area contributed by atoms with Crippen molar-refractivity contribution < 1.29 is 14.7 Å². The van der Waals surface area contributed by atoms with Crippen LogP contribution in [0.25, 0.3) is 11.3 Å². The SMILES string of the molecule is CN1C(=O)NC(=Nc2nc(-c3ccccc3)c(Cc3ccc(O)cc3)s2)C1=O. The summed E-state index contributed by atoms with van der Waals surface area (Å²) in [6.45, 7) is 0. The van der Waals surface area contributed by atoms with Gasteiger partial charge in [-0.1, -0.05) is 53.8 Å². The van der Waals surface area contributed by atoms with Crippen molar-refractivity contribution in [2.75, 3.05) is 7.05 Å². The summed E-state index contributed by atoms with van der Waals surface area (Å²) >= 11 is 1.36. The monoisotopic (exact) mass is 392 g/mol. The lowest BCUT2D eigenvalue weighted by molar-refractivity contribution is -0.119. The highest BCUT2D eigenvalue weighted by Gasteiger charge is 2.32. The first-order valence-corrected chi connectivity index (χ1v) is 9.33. The molecule has 140 valence electrons. The smallest absolute Gasteiger partial charge is 0.329 e. The van der Waals surface area contributed by atoms with Crippen molar-refractivity contribution in [3.05, 3.63) is 65.0 Å². The fourth-order valence-electron chi connectivity index (χ4n) is 2.79. The number of phenolic OH excluding ortho intramolecular Hbond substituents is 1. The molecule has 2 heterocycles. The van der Waals surface area contributed by atoms with Gasteiger partial charge in [0, 0.05) is 23.9 Å². The van der Waals surface area contributed by atoms with Gasteiger partial charge in [-0.05, 0) is 17.7 Å². The first kappa shape index (κ1) is 17.9. The number of amides is 3. The fraction of sp³-hybridized carbons (Fsp3) is 0.100. The first-order chi connectivity index (χ1) is 13.5. The lowest BCUT2D eigenvalue weighted by Gasteiger charge is -2.03. The maximum Gasteiger partial charge on any atom is 0.329 e. The minimum Gasteiger partial charge on any atom is -0.508 e. The molecule has 2 N–H and O–H groups in total. The van der Waals surface area contributed by atoms with Crippen LogP contribution >= 0.6 is 11.3 Å². The number of urea groups is 1. The zero-order valence-corrected chi connectivity index (χ0v) is 15.7. The van der Waals surface area contributed by atoms with Gasteiger partial charge in [0.2, 0.25) is 11.0 Å². The van der Waals surface area contributed by atoms with Crippen LogP contribution in [0, 0.1) is 0 Å². The Kier molecular flexibility index (Phi) is 4.62. The molecule has 1 aromatic heterocycles. The van der Waals surface area contributed by atoms with E-state index in [0.717, 1.165) is 26.6 Å². The molecule has 1 fully saturated rings. The second kappa shape index (κ2) is 7.24. The number of nitrogens with zero attached hydrogens (tertiary/aromatic N) is 3. The van der Waals surface area contributed by atoms with Crippen LogP contribution in [0.3, 0.4) is 0 Å². The van der Waals surface area contributed by atoms with Gasteiger partial charge >= 0.3 is 6.03 Å². The van der Waals surface area contributed by atoms with Gasteiger partial charge in [-0.15, -0.1) is 0 Å². The van der Waals surface area contributed by atoms with Gasteiger partial charge in [-0.2, -0.15) is 4.99 Å². The number of aliphatic imine (C=N–C) groups is 1. The van der Waals surface area contributed by atoms with Gasteiger partial charge in [0.05, 0.1) is 5.69 Å². The van der Waals surface area contributed by atoms with E-state index in [1.54, 1.807) is 12.1 Å². The van der Waals surface area contributed by atoms with Gasteiger partial charge in [0.25, 0.3) is 5.91 Å². The number of benzene rings is 2. The van der Waals surface area contributed by atoms with Crippen molar-refractivity contribution >= 4 is 34.2 Å². The Morgan fingerprint density at radius 2 is 1.82 bits per heavy atom. The molecule has 0 bridgehead atoms. The van der Waals surface area contributed by atoms with Gasteiger partial charge in [0.15, 0.2) is 0 Å². The van der Waals surface area contributed by atoms with Gasteiger partial charge in [-0.3, -0.25) is 15.0 Å². The lowest BCUT2D eigenvalue weighted by Crippen LogP contribution is -2.25. The number of carbonyl (C=O) groups excluding carboxylic acids is 2. The molecular formula is C20H16N4O3S. The largest absolute Gasteiger partial charge is 0.508 e. The highest BCUT2D eigenvalue weighted by atomic mass is 32.1. The number of carbonyl (C=O) groups is 2. The Balaban J connectivity index is 1.73. The predicted octanol–water partition coefficient (Wildman–Crippen LogP) is 3.32. The average molecular weight is 392 g/mol. The number of aromatic nitrogens is 1. The molecule has 7 nitrogen and oxygen atoms in total. The van der Waals surface area contributed by atoms with Crippen LogP contribution in [-0.2, 0) is 11.2 Å². The van der Waals surface area contributed by atoms with E-state index in [1.807, 2.05) is 42.5 Å². The van der Waals surface area contributed by atoms with E-state index in [0.29, 0.717) is 11.6 Å². The van der Waals surface area contributed by atoms with Crippen LogP contribution in [0.4, 0.5) is 9.93 Å². The van der Waals surface area contributed by atoms with Crippen LogP contribution in [0.15, 0.2) is 59.6 Å². The quantitative estimate of drug-likeness (QED) is 0.666. The molecule has 2 aromatic carbocycles. The number of amidine groups is 1. The zero-order valence-electron chi connectivity index (χ0n) is 14.9. The van der Waals surface area contributed by atoms with E-state index in [9.17, 15) is 14.7 Å². The molecule has 0 saturated carbocycles. The number of hydrogen-bond donors (Lipinski definition) is 2. The average Bonchev–Trinajstić information content (AvgIpc) is 3.20. The normalized spacial score (nSPS) is 15.3. The number of imide groups is 1. The minimum atomic E-state index is -0.507. The van der Waals surface area contributed by atoms with E-state index < -0.39 is 11.9 Å². The minimum absolute atomic E-state index is 0.0305. The molecule has 28 heavy (non-hydrogen) atoms. The predicted molar refractivity (Wildman–Crippen MR) is 107 cm³/mol. The van der Waals surface area contributed by atoms with Crippen LogP contribution in [0.1, 0.15) is 10.4 Å². The molecule has 4 rings (SSSR count). The fourth-order valence-corrected chi connectivity index (χ4v) is 3.78. The molecule has 1 aliphatic heterocycles. The summed E-state index contributed by atoms with van der Waals surface area (Å²) in [5.41, 5.74) is 2.74. The molecule has 8 heteroatoms. The van der Waals surface area contributed by atoms with Crippen molar-refractivity contribution in [2.45, 2.75) is 6.42 Å². The first-order valence-electron chi connectivity index (χ1n) is 8.52. The molecule has 0 atom stereocenters. The number of phenols is 1. The van der Waals surface area contributed by atoms with E-state index in [1.165, 1.54) is 18.4 Å². The maximum absolute atomic E-state index is 12.1. The van der Waals surface area contributed by atoms with Gasteiger partial charge < -0.3 is 5.11 Å². The van der Waals surface area contributed by atoms with Crippen molar-refractivity contribution in [1.29, 1.82) is 0 Å². The number of aromatic hydroxyl groups is 1. The second-order valence-electron chi connectivity index (χ2n) is 6.23. The standard InChI is InChI=1S/C20H16N4O3S/c1-24-18(26)17(23-20(24)27)22-19-21-16(13-5-3-2-4-6-13)15(28-19)11-12-7-9-14(25)10-8-12/h2-10,25H,11H2,1H3,(H,21,22,23,27). The Morgan fingerprint density at radius 3 is 2.46 bits per heavy atom. The number of thiazole rings is 1. The third kappa shape index (κ3) is 3.49. The van der Waals surface area contributed by atoms with Gasteiger partial charge in [-0.25, -0.2) is 9.78 Å². The van der Waals surface area contributed by atoms with Crippen LogP contribution in [0.2, 0.25) is 0 Å². The summed E-state index contributed by atoms with van der Waals surface area (Å²) in [6.07, 6.45) is 0.604. The zero-order chi connectivity index (χ0) is 19.7. The third-order valence-corrected chi connectivity index (χ3v) is 5.23. The van der Waals surface area contributed by atoms with Crippen LogP contribution in [0.5, 0.6) is 5.75 Å². The molecule has 3 aromatic rings. The summed E-state index contributed by atoms with van der Waals surface area (Å²) in [4.78, 5) is 34.5. The summed E-state index contributed by atoms with van der Waals surface area (Å²) in [5, 5.41) is 12.3. The highest BCUT2D eigenvalue weighted by molar-refractivity contribution is 7.15. The second-order valence-corrected chi connectivity index (χ2v) is 7.29. The highest BCUT2D eigenvalue weighted by Crippen LogP contribution is 2.34. The Bertz CT molecular complexity index is 1070. The Hall–Kier alpha value is -3.52. The third-order valence-electron chi connectivity index (χ3n) is 4.28. The lowest BCUT2D eigenvalue weighted by atomic mass is 10.1. The summed E-state index contributed by atoms with van der Waals surface area (Å²) in [6, 6.07) is 16.2. The molecule has 0 unspecified atom stereocenters. The van der Waals surface area contributed by atoms with Crippen molar-refractivity contribution in [1.82, 2.24) is 15.2 Å². The Morgan fingerprint density at radius 1 is 1.11 bits per heavy atom. The number of hydrogen-bond acceptors (Lipinski definition) is 6. The summed E-state index contributed by atoms with van der Waals surface area (Å²) < 4.78 is 0. The van der Waals surface area contributed by atoms with E-state index in [4.69, 9.17) is 0 Å². The number of likely N-dealkylation sites (N-methyl/N-ethyl adjacent to an activating group) is 1. The summed E-state index contributed by atoms with van der Waals surface area (Å²) in [7, 11) is 1.40. The van der Waals surface area contributed by atoms with E-state index in [-0.39, 0.29) is 11.6 Å². The maximum atomic E-state index is 12.1. The van der Waals surface area contributed by atoms with E-state index >= 15 is 0 Å². The molecular weight excluding hydrogens is 376 g/mol. The molecule has 0 radical (unpaired) electrons. The molecule has 3 amide bonds. The number of rotatable bonds is 4. The van der Waals surface area contributed by atoms with Crippen molar-refractivity contribution in [2.24, 2.45) is 4.99 Å². The molecule has 0 aliphatic carbocycles. The van der Waals surface area contributed by atoms with E-state index in [2.05, 4.69) is 15.3 Å². The topological polar surface area (TPSA) is 94.9 Å². The molecule has 1 saturated heterocycles. The van der Waals surface area contributed by atoms with Crippen LogP contribution in [-0.4, -0.2) is 39.8 Å². The van der Waals surface area contributed by atoms with Crippen LogP contribution < -0.4 is 5.32 Å². The van der Waals surface area contributed by atoms with Crippen molar-refractivity contribution in [3.63, 3.8) is 0 Å². The Labute approximate surface area is 165 Å². The van der Waals surface area contributed by atoms with Gasteiger partial charge in [0.1, 0.15) is 5.75 Å². The molecule has 1 aliphatic rings.